The highest BCUT2D eigenvalue weighted by atomic mass is 35.5. The van der Waals surface area contributed by atoms with Crippen molar-refractivity contribution in [2.75, 3.05) is 11.9 Å². The molecule has 2 aromatic carbocycles. The number of hydrogen-bond acceptors (Lipinski definition) is 7. The average molecular weight is 394 g/mol. The molecule has 2 aromatic rings. The minimum absolute atomic E-state index is 0.0555. The van der Waals surface area contributed by atoms with Crippen molar-refractivity contribution in [2.45, 2.75) is 6.92 Å². The summed E-state index contributed by atoms with van der Waals surface area (Å²) in [5, 5.41) is 24.0. The van der Waals surface area contributed by atoms with Crippen LogP contribution in [0.1, 0.15) is 15.9 Å². The van der Waals surface area contributed by atoms with Crippen molar-refractivity contribution in [1.29, 1.82) is 0 Å². The van der Waals surface area contributed by atoms with Gasteiger partial charge in [0.2, 0.25) is 0 Å². The van der Waals surface area contributed by atoms with Gasteiger partial charge in [0.25, 0.3) is 17.3 Å². The summed E-state index contributed by atoms with van der Waals surface area (Å²) in [7, 11) is 0. The van der Waals surface area contributed by atoms with Crippen LogP contribution in [0.15, 0.2) is 36.4 Å². The van der Waals surface area contributed by atoms with Gasteiger partial charge in [0, 0.05) is 18.2 Å². The van der Waals surface area contributed by atoms with Crippen molar-refractivity contribution in [3.63, 3.8) is 0 Å². The molecule has 0 fully saturated rings. The highest BCUT2D eigenvalue weighted by molar-refractivity contribution is 6.33. The molecule has 0 heterocycles. The molecule has 0 bridgehead atoms. The zero-order valence-corrected chi connectivity index (χ0v) is 14.6. The first-order valence-electron chi connectivity index (χ1n) is 7.35. The number of ether oxygens (including phenoxy) is 1. The van der Waals surface area contributed by atoms with Gasteiger partial charge in [0.1, 0.15) is 5.69 Å². The van der Waals surface area contributed by atoms with Gasteiger partial charge in [0.15, 0.2) is 6.61 Å². The highest BCUT2D eigenvalue weighted by Crippen LogP contribution is 2.25. The molecule has 27 heavy (non-hydrogen) atoms. The van der Waals surface area contributed by atoms with E-state index in [2.05, 4.69) is 5.32 Å². The summed E-state index contributed by atoms with van der Waals surface area (Å²) in [6.45, 7) is 0.895. The standard InChI is InChI=1S/C16H12ClN3O7/c1-9-2-5-13(14(6-9)20(25)26)18-15(21)8-27-16(22)11-7-10(19(23)24)3-4-12(11)17/h2-7H,8H2,1H3,(H,18,21). The third-order valence-electron chi connectivity index (χ3n) is 3.34. The molecule has 0 radical (unpaired) electrons. The molecule has 1 amide bonds. The molecule has 0 saturated heterocycles. The number of hydrogen-bond donors (Lipinski definition) is 1. The second-order valence-corrected chi connectivity index (χ2v) is 5.73. The smallest absolute Gasteiger partial charge is 0.340 e. The Bertz CT molecular complexity index is 946. The minimum Gasteiger partial charge on any atom is -0.452 e. The number of nitrogens with zero attached hydrogens (tertiary/aromatic N) is 2. The van der Waals surface area contributed by atoms with Gasteiger partial charge in [-0.1, -0.05) is 17.7 Å². The van der Waals surface area contributed by atoms with E-state index in [4.69, 9.17) is 16.3 Å². The molecule has 0 spiro atoms. The number of carbonyl (C=O) groups excluding carboxylic acids is 2. The first-order valence-corrected chi connectivity index (χ1v) is 7.73. The van der Waals surface area contributed by atoms with Crippen LogP contribution in [0.4, 0.5) is 17.1 Å². The van der Waals surface area contributed by atoms with E-state index in [1.54, 1.807) is 13.0 Å². The number of esters is 1. The van der Waals surface area contributed by atoms with Crippen molar-refractivity contribution in [1.82, 2.24) is 0 Å². The van der Waals surface area contributed by atoms with E-state index < -0.39 is 28.3 Å². The third-order valence-corrected chi connectivity index (χ3v) is 3.67. The molecule has 0 atom stereocenters. The summed E-state index contributed by atoms with van der Waals surface area (Å²) in [5.74, 6) is -1.87. The number of halogens is 1. The lowest BCUT2D eigenvalue weighted by molar-refractivity contribution is -0.384. The quantitative estimate of drug-likeness (QED) is 0.450. The number of nitro groups is 2. The number of benzene rings is 2. The fraction of sp³-hybridized carbons (Fsp3) is 0.125. The third kappa shape index (κ3) is 4.98. The second kappa shape index (κ2) is 8.23. The summed E-state index contributed by atoms with van der Waals surface area (Å²) in [6, 6.07) is 7.40. The van der Waals surface area contributed by atoms with E-state index in [1.165, 1.54) is 12.1 Å². The molecule has 0 unspecified atom stereocenters. The van der Waals surface area contributed by atoms with Crippen LogP contribution >= 0.6 is 11.6 Å². The minimum atomic E-state index is -1.04. The van der Waals surface area contributed by atoms with Crippen LogP contribution in [0.5, 0.6) is 0 Å². The van der Waals surface area contributed by atoms with Crippen LogP contribution < -0.4 is 5.32 Å². The number of amides is 1. The van der Waals surface area contributed by atoms with Crippen LogP contribution in [-0.4, -0.2) is 28.3 Å². The molecule has 11 heteroatoms. The number of carbonyl (C=O) groups is 2. The molecule has 0 aliphatic carbocycles. The van der Waals surface area contributed by atoms with Gasteiger partial charge >= 0.3 is 5.97 Å². The Labute approximate surface area is 157 Å². The Balaban J connectivity index is 2.06. The van der Waals surface area contributed by atoms with Crippen LogP contribution in [0.3, 0.4) is 0 Å². The summed E-state index contributed by atoms with van der Waals surface area (Å²) in [6.07, 6.45) is 0. The fourth-order valence-corrected chi connectivity index (χ4v) is 2.27. The molecule has 140 valence electrons. The summed E-state index contributed by atoms with van der Waals surface area (Å²) in [5.41, 5.74) is -0.381. The summed E-state index contributed by atoms with van der Waals surface area (Å²) in [4.78, 5) is 44.3. The van der Waals surface area contributed by atoms with E-state index in [-0.39, 0.29) is 27.6 Å². The maximum absolute atomic E-state index is 12.0. The molecule has 0 saturated carbocycles. The topological polar surface area (TPSA) is 142 Å². The molecule has 0 aromatic heterocycles. The van der Waals surface area contributed by atoms with Crippen LogP contribution in [-0.2, 0) is 9.53 Å². The summed E-state index contributed by atoms with van der Waals surface area (Å²) >= 11 is 5.81. The van der Waals surface area contributed by atoms with Crippen LogP contribution in [0, 0.1) is 27.2 Å². The lowest BCUT2D eigenvalue weighted by Crippen LogP contribution is -2.21. The lowest BCUT2D eigenvalue weighted by Gasteiger charge is -2.08. The van der Waals surface area contributed by atoms with Gasteiger partial charge < -0.3 is 10.1 Å². The van der Waals surface area contributed by atoms with Crippen LogP contribution in [0.25, 0.3) is 0 Å². The Morgan fingerprint density at radius 1 is 1.11 bits per heavy atom. The van der Waals surface area contributed by atoms with Gasteiger partial charge in [-0.3, -0.25) is 25.0 Å². The second-order valence-electron chi connectivity index (χ2n) is 5.32. The molecule has 0 aliphatic rings. The van der Waals surface area contributed by atoms with Gasteiger partial charge in [-0.05, 0) is 24.6 Å². The van der Waals surface area contributed by atoms with E-state index in [9.17, 15) is 29.8 Å². The van der Waals surface area contributed by atoms with E-state index >= 15 is 0 Å². The Hall–Kier alpha value is -3.53. The predicted molar refractivity (Wildman–Crippen MR) is 94.9 cm³/mol. The zero-order valence-electron chi connectivity index (χ0n) is 13.8. The van der Waals surface area contributed by atoms with E-state index in [0.29, 0.717) is 5.56 Å². The molecule has 0 aliphatic heterocycles. The van der Waals surface area contributed by atoms with Gasteiger partial charge in [-0.2, -0.15) is 0 Å². The molecule has 10 nitrogen and oxygen atoms in total. The van der Waals surface area contributed by atoms with Gasteiger partial charge in [-0.25, -0.2) is 4.79 Å². The normalized spacial score (nSPS) is 10.1. The largest absolute Gasteiger partial charge is 0.452 e. The van der Waals surface area contributed by atoms with Crippen molar-refractivity contribution >= 4 is 40.5 Å². The van der Waals surface area contributed by atoms with Crippen molar-refractivity contribution in [2.24, 2.45) is 0 Å². The first-order chi connectivity index (χ1) is 12.7. The van der Waals surface area contributed by atoms with E-state index in [0.717, 1.165) is 18.2 Å². The van der Waals surface area contributed by atoms with Crippen molar-refractivity contribution in [3.8, 4) is 0 Å². The Morgan fingerprint density at radius 2 is 1.81 bits per heavy atom. The van der Waals surface area contributed by atoms with Gasteiger partial charge in [-0.15, -0.1) is 0 Å². The number of aryl methyl sites for hydroxylation is 1. The number of nitrogens with one attached hydrogen (secondary N) is 1. The van der Waals surface area contributed by atoms with E-state index in [1.807, 2.05) is 0 Å². The zero-order chi connectivity index (χ0) is 20.1. The summed E-state index contributed by atoms with van der Waals surface area (Å²) < 4.78 is 4.77. The highest BCUT2D eigenvalue weighted by Gasteiger charge is 2.20. The number of anilines is 1. The van der Waals surface area contributed by atoms with Crippen molar-refractivity contribution in [3.05, 3.63) is 72.8 Å². The SMILES string of the molecule is Cc1ccc(NC(=O)COC(=O)c2cc([N+](=O)[O-])ccc2Cl)c([N+](=O)[O-])c1. The number of non-ortho nitro benzene ring substituents is 1. The number of nitro benzene ring substituents is 2. The monoisotopic (exact) mass is 393 g/mol. The number of rotatable bonds is 6. The predicted octanol–water partition coefficient (Wildman–Crippen LogP) is 3.26. The lowest BCUT2D eigenvalue weighted by atomic mass is 10.2. The Morgan fingerprint density at radius 3 is 2.44 bits per heavy atom. The van der Waals surface area contributed by atoms with Gasteiger partial charge in [0.05, 0.1) is 20.4 Å². The van der Waals surface area contributed by atoms with Crippen LogP contribution in [0.2, 0.25) is 5.02 Å². The average Bonchev–Trinajstić information content (AvgIpc) is 2.61. The molecule has 1 N–H and O–H groups in total. The fourth-order valence-electron chi connectivity index (χ4n) is 2.08. The molecular formula is C16H12ClN3O7. The molecular weight excluding hydrogens is 382 g/mol. The Kier molecular flexibility index (Phi) is 6.03. The maximum Gasteiger partial charge on any atom is 0.340 e. The van der Waals surface area contributed by atoms with Crippen molar-refractivity contribution < 1.29 is 24.2 Å². The molecule has 2 rings (SSSR count). The maximum atomic E-state index is 12.0. The first kappa shape index (κ1) is 19.8.